The van der Waals surface area contributed by atoms with E-state index in [0.717, 1.165) is 11.5 Å². The first-order chi connectivity index (χ1) is 3.93. The third-order valence-electron chi connectivity index (χ3n) is 0.787. The second-order valence-electron chi connectivity index (χ2n) is 1.35. The van der Waals surface area contributed by atoms with Crippen LogP contribution in [0.1, 0.15) is 5.76 Å². The lowest BCUT2D eigenvalue weighted by Crippen LogP contribution is -1.65. The summed E-state index contributed by atoms with van der Waals surface area (Å²) in [7, 11) is 1.46. The van der Waals surface area contributed by atoms with Gasteiger partial charge in [0.15, 0.2) is 0 Å². The molecule has 1 aromatic rings. The van der Waals surface area contributed by atoms with Crippen molar-refractivity contribution < 1.29 is 4.42 Å². The fourth-order valence-corrected chi connectivity index (χ4v) is 1.13. The Morgan fingerprint density at radius 3 is 3.12 bits per heavy atom. The van der Waals surface area contributed by atoms with Crippen molar-refractivity contribution in [2.24, 2.45) is 0 Å². The molecule has 0 saturated heterocycles. The van der Waals surface area contributed by atoms with E-state index in [-0.39, 0.29) is 0 Å². The second kappa shape index (κ2) is 3.10. The van der Waals surface area contributed by atoms with Crippen LogP contribution in [0.4, 0.5) is 0 Å². The Balaban J connectivity index is 2.50. The van der Waals surface area contributed by atoms with Crippen LogP contribution in [0.5, 0.6) is 0 Å². The molecule has 1 aromatic heterocycles. The van der Waals surface area contributed by atoms with Crippen LogP contribution in [0.25, 0.3) is 0 Å². The average Bonchev–Trinajstić information content (AvgIpc) is 2.19. The van der Waals surface area contributed by atoms with Crippen LogP contribution >= 0.6 is 22.5 Å². The van der Waals surface area contributed by atoms with Crippen molar-refractivity contribution in [1.29, 1.82) is 0 Å². The number of thiol groups is 1. The van der Waals surface area contributed by atoms with Crippen molar-refractivity contribution in [2.45, 2.75) is 5.75 Å². The van der Waals surface area contributed by atoms with Gasteiger partial charge in [-0.2, -0.15) is 0 Å². The van der Waals surface area contributed by atoms with Crippen LogP contribution in [0.3, 0.4) is 0 Å². The van der Waals surface area contributed by atoms with Crippen LogP contribution in [0.2, 0.25) is 0 Å². The highest BCUT2D eigenvalue weighted by Gasteiger charge is 1.89. The molecule has 0 bridgehead atoms. The molecule has 3 heteroatoms. The van der Waals surface area contributed by atoms with Crippen molar-refractivity contribution in [1.82, 2.24) is 0 Å². The van der Waals surface area contributed by atoms with Gasteiger partial charge in [-0.05, 0) is 12.1 Å². The van der Waals surface area contributed by atoms with Gasteiger partial charge in [-0.1, -0.05) is 10.8 Å². The lowest BCUT2D eigenvalue weighted by molar-refractivity contribution is 0.530. The van der Waals surface area contributed by atoms with Gasteiger partial charge in [-0.3, -0.25) is 0 Å². The molecule has 0 unspecified atom stereocenters. The molecular weight excluding hydrogens is 140 g/mol. The predicted octanol–water partition coefficient (Wildman–Crippen LogP) is 2.36. The highest BCUT2D eigenvalue weighted by Crippen LogP contribution is 2.14. The minimum atomic E-state index is 0.843. The lowest BCUT2D eigenvalue weighted by Gasteiger charge is -1.85. The van der Waals surface area contributed by atoms with Gasteiger partial charge < -0.3 is 4.42 Å². The van der Waals surface area contributed by atoms with E-state index >= 15 is 0 Å². The summed E-state index contributed by atoms with van der Waals surface area (Å²) in [5, 5.41) is 0. The number of furan rings is 1. The van der Waals surface area contributed by atoms with Crippen LogP contribution in [-0.2, 0) is 5.75 Å². The summed E-state index contributed by atoms with van der Waals surface area (Å²) >= 11 is 3.96. The van der Waals surface area contributed by atoms with Crippen molar-refractivity contribution >= 4 is 22.5 Å². The molecule has 0 spiro atoms. The van der Waals surface area contributed by atoms with Crippen LogP contribution in [-0.4, -0.2) is 0 Å². The van der Waals surface area contributed by atoms with E-state index in [4.69, 9.17) is 4.42 Å². The Hall–Kier alpha value is -0.0200. The molecular formula is C5H6OS2. The minimum Gasteiger partial charge on any atom is -0.468 e. The SMILES string of the molecule is SSCc1ccco1. The summed E-state index contributed by atoms with van der Waals surface area (Å²) in [5.41, 5.74) is 0. The van der Waals surface area contributed by atoms with Gasteiger partial charge in [0.05, 0.1) is 12.0 Å². The van der Waals surface area contributed by atoms with Gasteiger partial charge in [0.25, 0.3) is 0 Å². The topological polar surface area (TPSA) is 13.1 Å². The minimum absolute atomic E-state index is 0.843. The first kappa shape index (κ1) is 6.11. The summed E-state index contributed by atoms with van der Waals surface area (Å²) in [6, 6.07) is 3.81. The Labute approximate surface area is 57.3 Å². The average molecular weight is 146 g/mol. The fraction of sp³-hybridized carbons (Fsp3) is 0.200. The number of hydrogen-bond donors (Lipinski definition) is 1. The monoisotopic (exact) mass is 146 g/mol. The third-order valence-corrected chi connectivity index (χ3v) is 1.59. The molecule has 0 aliphatic heterocycles. The van der Waals surface area contributed by atoms with E-state index < -0.39 is 0 Å². The summed E-state index contributed by atoms with van der Waals surface area (Å²) < 4.78 is 5.00. The molecule has 1 nitrogen and oxygen atoms in total. The van der Waals surface area contributed by atoms with E-state index in [0.29, 0.717) is 0 Å². The standard InChI is InChI=1S/C5H6OS2/c7-8-4-5-2-1-3-6-5/h1-3,7H,4H2. The molecule has 0 atom stereocenters. The molecule has 0 aliphatic carbocycles. The van der Waals surface area contributed by atoms with Gasteiger partial charge in [-0.25, -0.2) is 0 Å². The molecule has 0 aliphatic rings. The van der Waals surface area contributed by atoms with E-state index in [1.807, 2.05) is 12.1 Å². The molecule has 1 rings (SSSR count). The van der Waals surface area contributed by atoms with E-state index in [9.17, 15) is 0 Å². The zero-order chi connectivity index (χ0) is 5.82. The van der Waals surface area contributed by atoms with Crippen molar-refractivity contribution in [3.8, 4) is 0 Å². The maximum Gasteiger partial charge on any atom is 0.114 e. The Morgan fingerprint density at radius 1 is 1.75 bits per heavy atom. The van der Waals surface area contributed by atoms with Crippen molar-refractivity contribution in [3.05, 3.63) is 24.2 Å². The smallest absolute Gasteiger partial charge is 0.114 e. The van der Waals surface area contributed by atoms with Crippen molar-refractivity contribution in [3.63, 3.8) is 0 Å². The first-order valence-corrected chi connectivity index (χ1v) is 4.26. The molecule has 1 heterocycles. The maximum atomic E-state index is 5.00. The van der Waals surface area contributed by atoms with Gasteiger partial charge >= 0.3 is 0 Å². The van der Waals surface area contributed by atoms with Crippen molar-refractivity contribution in [2.75, 3.05) is 0 Å². The lowest BCUT2D eigenvalue weighted by atomic mass is 10.5. The normalized spacial score (nSPS) is 9.62. The molecule has 0 radical (unpaired) electrons. The van der Waals surface area contributed by atoms with Crippen LogP contribution in [0, 0.1) is 0 Å². The molecule has 0 N–H and O–H groups in total. The predicted molar refractivity (Wildman–Crippen MR) is 39.0 cm³/mol. The maximum absolute atomic E-state index is 5.00. The van der Waals surface area contributed by atoms with Gasteiger partial charge in [0, 0.05) is 0 Å². The molecule has 0 fully saturated rings. The first-order valence-electron chi connectivity index (χ1n) is 2.22. The summed E-state index contributed by atoms with van der Waals surface area (Å²) in [5.74, 6) is 1.82. The van der Waals surface area contributed by atoms with E-state index in [1.54, 1.807) is 6.26 Å². The largest absolute Gasteiger partial charge is 0.468 e. The zero-order valence-electron chi connectivity index (χ0n) is 4.20. The van der Waals surface area contributed by atoms with Gasteiger partial charge in [-0.15, -0.1) is 11.7 Å². The number of hydrogen-bond acceptors (Lipinski definition) is 3. The Kier molecular flexibility index (Phi) is 2.36. The zero-order valence-corrected chi connectivity index (χ0v) is 5.91. The third kappa shape index (κ3) is 1.49. The van der Waals surface area contributed by atoms with Gasteiger partial charge in [0.1, 0.15) is 5.76 Å². The Bertz CT molecular complexity index is 136. The van der Waals surface area contributed by atoms with E-state index in [1.165, 1.54) is 10.8 Å². The highest BCUT2D eigenvalue weighted by molar-refractivity contribution is 8.68. The van der Waals surface area contributed by atoms with E-state index in [2.05, 4.69) is 11.7 Å². The molecule has 0 aromatic carbocycles. The van der Waals surface area contributed by atoms with Gasteiger partial charge in [0.2, 0.25) is 0 Å². The molecule has 44 valence electrons. The molecule has 0 saturated carbocycles. The number of rotatable bonds is 2. The molecule has 0 amide bonds. The Morgan fingerprint density at radius 2 is 2.62 bits per heavy atom. The highest BCUT2D eigenvalue weighted by atomic mass is 33.1. The fourth-order valence-electron chi connectivity index (χ4n) is 0.458. The molecule has 8 heavy (non-hydrogen) atoms. The van der Waals surface area contributed by atoms with Crippen LogP contribution in [0.15, 0.2) is 22.8 Å². The second-order valence-corrected chi connectivity index (χ2v) is 2.67. The summed E-state index contributed by atoms with van der Waals surface area (Å²) in [4.78, 5) is 0. The van der Waals surface area contributed by atoms with Crippen LogP contribution < -0.4 is 0 Å². The quantitative estimate of drug-likeness (QED) is 0.508. The summed E-state index contributed by atoms with van der Waals surface area (Å²) in [6.45, 7) is 0. The summed E-state index contributed by atoms with van der Waals surface area (Å²) in [6.07, 6.45) is 1.67.